The molecule has 2 rings (SSSR count). The maximum Gasteiger partial charge on any atom is 0.247 e. The molecule has 0 unspecified atom stereocenters. The van der Waals surface area contributed by atoms with Gasteiger partial charge < -0.3 is 10.6 Å². The molecular formula is C8H10N2OS. The van der Waals surface area contributed by atoms with E-state index in [0.717, 1.165) is 22.9 Å². The summed E-state index contributed by atoms with van der Waals surface area (Å²) in [6, 6.07) is 0. The average Bonchev–Trinajstić information content (AvgIpc) is 2.49. The first kappa shape index (κ1) is 7.73. The van der Waals surface area contributed by atoms with Crippen LogP contribution in [-0.2, 0) is 4.79 Å². The molecule has 2 heterocycles. The second kappa shape index (κ2) is 2.86. The minimum absolute atomic E-state index is 0.284. The Labute approximate surface area is 75.3 Å². The lowest BCUT2D eigenvalue weighted by Crippen LogP contribution is -2.22. The highest BCUT2D eigenvalue weighted by atomic mass is 32.2. The summed E-state index contributed by atoms with van der Waals surface area (Å²) in [4.78, 5) is 13.1. The summed E-state index contributed by atoms with van der Waals surface area (Å²) in [5, 5.41) is 1.06. The Balaban J connectivity index is 2.35. The van der Waals surface area contributed by atoms with Crippen molar-refractivity contribution in [1.29, 1.82) is 0 Å². The van der Waals surface area contributed by atoms with Crippen LogP contribution in [0.15, 0.2) is 22.9 Å². The summed E-state index contributed by atoms with van der Waals surface area (Å²) >= 11 is 1.72. The normalized spacial score (nSPS) is 21.5. The molecule has 12 heavy (non-hydrogen) atoms. The Kier molecular flexibility index (Phi) is 1.84. The van der Waals surface area contributed by atoms with Gasteiger partial charge in [0.1, 0.15) is 0 Å². The van der Waals surface area contributed by atoms with Crippen molar-refractivity contribution >= 4 is 17.7 Å². The monoisotopic (exact) mass is 182 g/mol. The second-order valence-electron chi connectivity index (χ2n) is 2.78. The number of nitrogens with two attached hydrogens (primary N) is 1. The van der Waals surface area contributed by atoms with Crippen LogP contribution in [0.2, 0.25) is 0 Å². The van der Waals surface area contributed by atoms with Gasteiger partial charge in [0.2, 0.25) is 5.91 Å². The van der Waals surface area contributed by atoms with Crippen molar-refractivity contribution in [2.24, 2.45) is 5.73 Å². The Bertz CT molecular complexity index is 283. The standard InChI is InChI=1S/C8H10N2OS/c9-7(11)6-2-1-3-10-4-5-12-8(6)10/h1,3H,2,4-5H2,(H2,9,11). The molecule has 0 bridgehead atoms. The van der Waals surface area contributed by atoms with Gasteiger partial charge in [-0.1, -0.05) is 6.08 Å². The molecule has 0 spiro atoms. The van der Waals surface area contributed by atoms with E-state index in [4.69, 9.17) is 5.73 Å². The predicted molar refractivity (Wildman–Crippen MR) is 49.1 cm³/mol. The number of fused-ring (bicyclic) bond motifs is 1. The van der Waals surface area contributed by atoms with Crippen molar-refractivity contribution in [1.82, 2.24) is 4.90 Å². The SMILES string of the molecule is NC(=O)C1=C2SCCN2C=CC1. The van der Waals surface area contributed by atoms with Gasteiger partial charge in [-0.15, -0.1) is 11.8 Å². The fraction of sp³-hybridized carbons (Fsp3) is 0.375. The number of primary amides is 1. The first-order valence-electron chi connectivity index (χ1n) is 3.88. The highest BCUT2D eigenvalue weighted by molar-refractivity contribution is 8.03. The number of carbonyl (C=O) groups excluding carboxylic acids is 1. The zero-order chi connectivity index (χ0) is 8.55. The Morgan fingerprint density at radius 1 is 1.67 bits per heavy atom. The average molecular weight is 182 g/mol. The minimum Gasteiger partial charge on any atom is -0.366 e. The number of amides is 1. The van der Waals surface area contributed by atoms with E-state index in [1.54, 1.807) is 11.8 Å². The fourth-order valence-corrected chi connectivity index (χ4v) is 2.58. The molecule has 0 radical (unpaired) electrons. The summed E-state index contributed by atoms with van der Waals surface area (Å²) in [5.41, 5.74) is 6.02. The van der Waals surface area contributed by atoms with E-state index in [9.17, 15) is 4.79 Å². The van der Waals surface area contributed by atoms with Gasteiger partial charge in [0, 0.05) is 24.9 Å². The maximum absolute atomic E-state index is 11.0. The Morgan fingerprint density at radius 2 is 2.50 bits per heavy atom. The number of nitrogens with zero attached hydrogens (tertiary/aromatic N) is 1. The van der Waals surface area contributed by atoms with Gasteiger partial charge in [0.25, 0.3) is 0 Å². The van der Waals surface area contributed by atoms with E-state index >= 15 is 0 Å². The predicted octanol–water partition coefficient (Wildman–Crippen LogP) is 0.649. The Hall–Kier alpha value is -0.900. The molecule has 64 valence electrons. The van der Waals surface area contributed by atoms with Crippen LogP contribution in [-0.4, -0.2) is 23.1 Å². The third kappa shape index (κ3) is 1.12. The van der Waals surface area contributed by atoms with Crippen LogP contribution < -0.4 is 5.73 Å². The fourth-order valence-electron chi connectivity index (χ4n) is 1.42. The molecule has 2 aliphatic heterocycles. The van der Waals surface area contributed by atoms with E-state index in [1.807, 2.05) is 12.3 Å². The van der Waals surface area contributed by atoms with Gasteiger partial charge >= 0.3 is 0 Å². The van der Waals surface area contributed by atoms with Gasteiger partial charge in [0.15, 0.2) is 0 Å². The molecule has 3 nitrogen and oxygen atoms in total. The number of allylic oxidation sites excluding steroid dienone is 1. The second-order valence-corrected chi connectivity index (χ2v) is 3.86. The van der Waals surface area contributed by atoms with Crippen molar-refractivity contribution in [2.45, 2.75) is 6.42 Å². The van der Waals surface area contributed by atoms with Crippen LogP contribution in [0.25, 0.3) is 0 Å². The van der Waals surface area contributed by atoms with Gasteiger partial charge in [-0.2, -0.15) is 0 Å². The molecule has 2 N–H and O–H groups in total. The molecule has 0 aliphatic carbocycles. The molecule has 1 fully saturated rings. The zero-order valence-electron chi connectivity index (χ0n) is 6.62. The van der Waals surface area contributed by atoms with Crippen LogP contribution in [0.1, 0.15) is 6.42 Å². The number of hydrogen-bond acceptors (Lipinski definition) is 3. The molecule has 4 heteroatoms. The van der Waals surface area contributed by atoms with Crippen LogP contribution in [0, 0.1) is 0 Å². The van der Waals surface area contributed by atoms with E-state index in [-0.39, 0.29) is 5.91 Å². The highest BCUT2D eigenvalue weighted by Crippen LogP contribution is 2.34. The molecular weight excluding hydrogens is 172 g/mol. The minimum atomic E-state index is -0.284. The molecule has 0 aromatic heterocycles. The smallest absolute Gasteiger partial charge is 0.247 e. The van der Waals surface area contributed by atoms with Gasteiger partial charge in [-0.05, 0) is 0 Å². The van der Waals surface area contributed by atoms with Crippen LogP contribution in [0.5, 0.6) is 0 Å². The number of rotatable bonds is 1. The maximum atomic E-state index is 11.0. The quantitative estimate of drug-likeness (QED) is 0.647. The van der Waals surface area contributed by atoms with E-state index in [2.05, 4.69) is 4.90 Å². The van der Waals surface area contributed by atoms with Gasteiger partial charge in [-0.25, -0.2) is 0 Å². The van der Waals surface area contributed by atoms with Crippen LogP contribution in [0.4, 0.5) is 0 Å². The van der Waals surface area contributed by atoms with Crippen molar-refractivity contribution < 1.29 is 4.79 Å². The summed E-state index contributed by atoms with van der Waals surface area (Å²) in [6.07, 6.45) is 4.70. The van der Waals surface area contributed by atoms with E-state index in [1.165, 1.54) is 0 Å². The summed E-state index contributed by atoms with van der Waals surface area (Å²) in [5.74, 6) is 0.768. The molecule has 1 amide bonds. The summed E-state index contributed by atoms with van der Waals surface area (Å²) < 4.78 is 0. The Morgan fingerprint density at radius 3 is 3.25 bits per heavy atom. The highest BCUT2D eigenvalue weighted by Gasteiger charge is 2.24. The summed E-state index contributed by atoms with van der Waals surface area (Å²) in [7, 11) is 0. The lowest BCUT2D eigenvalue weighted by Gasteiger charge is -2.19. The largest absolute Gasteiger partial charge is 0.366 e. The van der Waals surface area contributed by atoms with Crippen molar-refractivity contribution in [3.8, 4) is 0 Å². The first-order chi connectivity index (χ1) is 5.79. The van der Waals surface area contributed by atoms with Gasteiger partial charge in [-0.3, -0.25) is 4.79 Å². The van der Waals surface area contributed by atoms with Crippen molar-refractivity contribution in [2.75, 3.05) is 12.3 Å². The topological polar surface area (TPSA) is 46.3 Å². The third-order valence-corrected chi connectivity index (χ3v) is 3.14. The lowest BCUT2D eigenvalue weighted by molar-refractivity contribution is -0.114. The molecule has 0 aromatic carbocycles. The van der Waals surface area contributed by atoms with Crippen LogP contribution in [0.3, 0.4) is 0 Å². The molecule has 0 saturated carbocycles. The lowest BCUT2D eigenvalue weighted by atomic mass is 10.1. The van der Waals surface area contributed by atoms with Crippen LogP contribution >= 0.6 is 11.8 Å². The van der Waals surface area contributed by atoms with E-state index in [0.29, 0.717) is 6.42 Å². The molecule has 0 atom stereocenters. The molecule has 0 aromatic rings. The van der Waals surface area contributed by atoms with Crippen molar-refractivity contribution in [3.63, 3.8) is 0 Å². The third-order valence-electron chi connectivity index (χ3n) is 1.99. The number of thioether (sulfide) groups is 1. The molecule has 1 saturated heterocycles. The number of carbonyl (C=O) groups is 1. The zero-order valence-corrected chi connectivity index (χ0v) is 7.43. The summed E-state index contributed by atoms with van der Waals surface area (Å²) in [6.45, 7) is 0.993. The van der Waals surface area contributed by atoms with E-state index < -0.39 is 0 Å². The van der Waals surface area contributed by atoms with Crippen molar-refractivity contribution in [3.05, 3.63) is 22.9 Å². The molecule has 2 aliphatic rings. The van der Waals surface area contributed by atoms with Gasteiger partial charge in [0.05, 0.1) is 10.6 Å². The first-order valence-corrected chi connectivity index (χ1v) is 4.86. The number of hydrogen-bond donors (Lipinski definition) is 1.